The number of fused-ring (bicyclic) bond motifs is 1. The molecule has 3 aliphatic rings. The highest BCUT2D eigenvalue weighted by molar-refractivity contribution is 5.70. The normalized spacial score (nSPS) is 21.6. The molecule has 1 unspecified atom stereocenters. The minimum Gasteiger partial charge on any atom is -0.362 e. The summed E-state index contributed by atoms with van der Waals surface area (Å²) in [7, 11) is 0. The first-order valence-corrected chi connectivity index (χ1v) is 13.0. The van der Waals surface area contributed by atoms with Crippen LogP contribution in [0, 0.1) is 0 Å². The van der Waals surface area contributed by atoms with Crippen molar-refractivity contribution in [2.75, 3.05) is 13.1 Å². The second kappa shape index (κ2) is 9.84. The summed E-state index contributed by atoms with van der Waals surface area (Å²) in [6, 6.07) is 16.7. The Balaban J connectivity index is 1.19. The summed E-state index contributed by atoms with van der Waals surface area (Å²) >= 11 is 0. The first-order valence-electron chi connectivity index (χ1n) is 13.0. The molecule has 3 heteroatoms. The molecule has 0 radical (unpaired) electrons. The molecule has 2 saturated heterocycles. The molecular weight excluding hydrogens is 414 g/mol. The van der Waals surface area contributed by atoms with Gasteiger partial charge in [-0.3, -0.25) is 4.90 Å². The molecule has 2 aromatic carbocycles. The van der Waals surface area contributed by atoms with Gasteiger partial charge in [0.05, 0.1) is 6.04 Å². The van der Waals surface area contributed by atoms with Gasteiger partial charge in [0.25, 0.3) is 0 Å². The summed E-state index contributed by atoms with van der Waals surface area (Å²) in [5.74, 6) is 0.658. The molecule has 0 amide bonds. The van der Waals surface area contributed by atoms with Crippen LogP contribution in [0.5, 0.6) is 0 Å². The van der Waals surface area contributed by atoms with E-state index in [0.29, 0.717) is 12.0 Å². The Labute approximate surface area is 205 Å². The van der Waals surface area contributed by atoms with Crippen molar-refractivity contribution in [3.8, 4) is 0 Å². The molecule has 0 saturated carbocycles. The van der Waals surface area contributed by atoms with E-state index in [-0.39, 0.29) is 0 Å². The van der Waals surface area contributed by atoms with Gasteiger partial charge in [-0.25, -0.2) is 0 Å². The van der Waals surface area contributed by atoms with E-state index in [9.17, 15) is 0 Å². The zero-order valence-electron chi connectivity index (χ0n) is 20.8. The van der Waals surface area contributed by atoms with Crippen LogP contribution >= 0.6 is 0 Å². The van der Waals surface area contributed by atoms with Crippen molar-refractivity contribution in [2.24, 2.45) is 0 Å². The van der Waals surface area contributed by atoms with Gasteiger partial charge >= 0.3 is 0 Å². The Morgan fingerprint density at radius 1 is 0.941 bits per heavy atom. The van der Waals surface area contributed by atoms with Crippen molar-refractivity contribution >= 4 is 5.70 Å². The molecule has 178 valence electrons. The molecule has 34 heavy (non-hydrogen) atoms. The van der Waals surface area contributed by atoms with Crippen LogP contribution in [-0.4, -0.2) is 28.9 Å². The molecule has 5 rings (SSSR count). The second-order valence-corrected chi connectivity index (χ2v) is 10.4. The lowest BCUT2D eigenvalue weighted by Gasteiger charge is -2.36. The fourth-order valence-corrected chi connectivity index (χ4v) is 6.00. The van der Waals surface area contributed by atoms with Gasteiger partial charge in [-0.05, 0) is 73.4 Å². The van der Waals surface area contributed by atoms with Crippen molar-refractivity contribution in [1.82, 2.24) is 15.1 Å². The molecule has 1 N–H and O–H groups in total. The Morgan fingerprint density at radius 3 is 2.38 bits per heavy atom. The number of hydrogen-bond donors (Lipinski definition) is 1. The van der Waals surface area contributed by atoms with E-state index < -0.39 is 0 Å². The minimum atomic E-state index is 0.299. The summed E-state index contributed by atoms with van der Waals surface area (Å²) in [4.78, 5) is 5.06. The van der Waals surface area contributed by atoms with Crippen molar-refractivity contribution in [3.05, 3.63) is 101 Å². The molecule has 0 bridgehead atoms. The molecule has 3 aliphatic heterocycles. The van der Waals surface area contributed by atoms with Crippen LogP contribution in [0.15, 0.2) is 73.6 Å². The highest BCUT2D eigenvalue weighted by atomic mass is 15.2. The number of hydrogen-bond acceptors (Lipinski definition) is 3. The number of benzene rings is 2. The Kier molecular flexibility index (Phi) is 6.65. The molecule has 2 aromatic rings. The van der Waals surface area contributed by atoms with Crippen LogP contribution in [0.4, 0.5) is 0 Å². The largest absolute Gasteiger partial charge is 0.362 e. The molecule has 1 atom stereocenters. The number of nitrogens with one attached hydrogen (secondary N) is 1. The lowest BCUT2D eigenvalue weighted by atomic mass is 9.87. The smallest absolute Gasteiger partial charge is 0.0693 e. The van der Waals surface area contributed by atoms with Gasteiger partial charge in [-0.15, -0.1) is 0 Å². The highest BCUT2D eigenvalue weighted by Crippen LogP contribution is 2.39. The Hall–Kier alpha value is -2.78. The molecular formula is C31H39N3. The highest BCUT2D eigenvalue weighted by Gasteiger charge is 2.32. The quantitative estimate of drug-likeness (QED) is 0.533. The molecule has 3 heterocycles. The molecule has 0 aliphatic carbocycles. The van der Waals surface area contributed by atoms with Gasteiger partial charge in [-0.1, -0.05) is 75.5 Å². The summed E-state index contributed by atoms with van der Waals surface area (Å²) in [6.07, 6.45) is 6.93. The molecule has 0 spiro atoms. The first kappa shape index (κ1) is 23.0. The minimum absolute atomic E-state index is 0.299. The Morgan fingerprint density at radius 2 is 1.68 bits per heavy atom. The van der Waals surface area contributed by atoms with Gasteiger partial charge in [0.1, 0.15) is 0 Å². The summed E-state index contributed by atoms with van der Waals surface area (Å²) in [5.41, 5.74) is 10.4. The van der Waals surface area contributed by atoms with E-state index in [1.807, 2.05) is 0 Å². The summed E-state index contributed by atoms with van der Waals surface area (Å²) < 4.78 is 0. The summed E-state index contributed by atoms with van der Waals surface area (Å²) in [6.45, 7) is 19.4. The number of rotatable bonds is 6. The number of likely N-dealkylation sites (tertiary alicyclic amines) is 1. The third-order valence-corrected chi connectivity index (χ3v) is 7.99. The maximum Gasteiger partial charge on any atom is 0.0693 e. The van der Waals surface area contributed by atoms with E-state index in [2.05, 4.69) is 84.2 Å². The predicted octanol–water partition coefficient (Wildman–Crippen LogP) is 6.58. The van der Waals surface area contributed by atoms with Crippen molar-refractivity contribution in [3.63, 3.8) is 0 Å². The van der Waals surface area contributed by atoms with Crippen LogP contribution in [0.2, 0.25) is 0 Å². The van der Waals surface area contributed by atoms with E-state index in [1.54, 1.807) is 0 Å². The van der Waals surface area contributed by atoms with Crippen molar-refractivity contribution in [1.29, 1.82) is 0 Å². The molecule has 0 aromatic heterocycles. The Bertz CT molecular complexity index is 1070. The maximum absolute atomic E-state index is 4.44. The number of nitrogens with zero attached hydrogens (tertiary/aromatic N) is 2. The lowest BCUT2D eigenvalue weighted by molar-refractivity contribution is 0.204. The van der Waals surface area contributed by atoms with Crippen LogP contribution < -0.4 is 5.32 Å². The fraction of sp³-hybridized carbons (Fsp3) is 0.419. The van der Waals surface area contributed by atoms with Gasteiger partial charge < -0.3 is 10.2 Å². The van der Waals surface area contributed by atoms with E-state index in [0.717, 1.165) is 43.0 Å². The predicted molar refractivity (Wildman–Crippen MR) is 143 cm³/mol. The van der Waals surface area contributed by atoms with Crippen LogP contribution in [-0.2, 0) is 19.5 Å². The fourth-order valence-electron chi connectivity index (χ4n) is 6.00. The number of allylic oxidation sites excluding steroid dienone is 1. The van der Waals surface area contributed by atoms with E-state index in [1.165, 1.54) is 66.6 Å². The van der Waals surface area contributed by atoms with Crippen LogP contribution in [0.25, 0.3) is 5.70 Å². The van der Waals surface area contributed by atoms with Gasteiger partial charge in [0, 0.05) is 35.7 Å². The second-order valence-electron chi connectivity index (χ2n) is 10.4. The third kappa shape index (κ3) is 4.72. The zero-order chi connectivity index (χ0) is 23.7. The van der Waals surface area contributed by atoms with E-state index in [4.69, 9.17) is 0 Å². The first-order chi connectivity index (χ1) is 16.5. The topological polar surface area (TPSA) is 18.5 Å². The zero-order valence-corrected chi connectivity index (χ0v) is 20.8. The monoisotopic (exact) mass is 453 g/mol. The van der Waals surface area contributed by atoms with Crippen LogP contribution in [0.3, 0.4) is 0 Å². The number of aryl methyl sites for hydroxylation is 1. The third-order valence-electron chi connectivity index (χ3n) is 7.99. The van der Waals surface area contributed by atoms with Gasteiger partial charge in [0.15, 0.2) is 0 Å². The SMILES string of the molecule is C=C1CCC(N2Cc3cc(C4CCN(Cc5ccc(CCC)cc5)CC4)ccc3C2=C)C(=C)N1. The van der Waals surface area contributed by atoms with E-state index >= 15 is 0 Å². The maximum atomic E-state index is 4.44. The molecule has 3 nitrogen and oxygen atoms in total. The standard InChI is InChI=1S/C31H39N3/c1-5-6-25-8-10-26(11-9-25)20-33-17-15-27(16-18-33)28-12-13-30-24(4)34(21-29(30)19-28)31-14-7-22(2)32-23(31)3/h8-13,19,27,31-32H,2-7,14-18,20-21H2,1H3. The van der Waals surface area contributed by atoms with Gasteiger partial charge in [0.2, 0.25) is 0 Å². The lowest BCUT2D eigenvalue weighted by Crippen LogP contribution is -2.39. The molecule has 2 fully saturated rings. The average Bonchev–Trinajstić information content (AvgIpc) is 3.16. The average molecular weight is 454 g/mol. The van der Waals surface area contributed by atoms with Crippen molar-refractivity contribution in [2.45, 2.75) is 70.5 Å². The van der Waals surface area contributed by atoms with Crippen molar-refractivity contribution < 1.29 is 0 Å². The van der Waals surface area contributed by atoms with Crippen LogP contribution in [0.1, 0.15) is 72.8 Å². The number of piperidine rings is 2. The van der Waals surface area contributed by atoms with Gasteiger partial charge in [-0.2, -0.15) is 0 Å². The summed E-state index contributed by atoms with van der Waals surface area (Å²) in [5, 5.41) is 3.37.